The second-order valence-electron chi connectivity index (χ2n) is 8.81. The second-order valence-corrected chi connectivity index (χ2v) is 9.72. The summed E-state index contributed by atoms with van der Waals surface area (Å²) in [6, 6.07) is 20.0. The lowest BCUT2D eigenvalue weighted by Gasteiger charge is -2.19. The molecular weight excluding hydrogens is 480 g/mol. The molecule has 0 bridgehead atoms. The van der Waals surface area contributed by atoms with Gasteiger partial charge in [-0.3, -0.25) is 9.59 Å². The van der Waals surface area contributed by atoms with Crippen LogP contribution in [-0.2, 0) is 5.41 Å². The number of halogens is 1. The van der Waals surface area contributed by atoms with Crippen molar-refractivity contribution in [2.24, 2.45) is 0 Å². The minimum atomic E-state index is -0.288. The fourth-order valence-corrected chi connectivity index (χ4v) is 3.58. The van der Waals surface area contributed by atoms with E-state index in [1.54, 1.807) is 36.4 Å². The minimum absolute atomic E-state index is 0.0251. The minimum Gasteiger partial charge on any atom is -0.493 e. The molecule has 0 aliphatic carbocycles. The zero-order valence-corrected chi connectivity index (χ0v) is 21.0. The molecule has 0 saturated carbocycles. The van der Waals surface area contributed by atoms with Crippen molar-refractivity contribution in [2.45, 2.75) is 39.5 Å². The Morgan fingerprint density at radius 3 is 2.12 bits per heavy atom. The van der Waals surface area contributed by atoms with Crippen LogP contribution in [0.15, 0.2) is 71.2 Å². The highest BCUT2D eigenvalue weighted by Gasteiger charge is 2.16. The Labute approximate surface area is 203 Å². The van der Waals surface area contributed by atoms with Crippen LogP contribution < -0.4 is 15.4 Å². The summed E-state index contributed by atoms with van der Waals surface area (Å²) >= 11 is 3.41. The van der Waals surface area contributed by atoms with E-state index in [1.807, 2.05) is 37.3 Å². The van der Waals surface area contributed by atoms with Gasteiger partial charge >= 0.3 is 0 Å². The maximum Gasteiger partial charge on any atom is 0.259 e. The van der Waals surface area contributed by atoms with Gasteiger partial charge in [-0.1, -0.05) is 61.8 Å². The van der Waals surface area contributed by atoms with Crippen LogP contribution in [0.1, 0.15) is 60.4 Å². The molecule has 33 heavy (non-hydrogen) atoms. The average Bonchev–Trinajstić information content (AvgIpc) is 2.78. The average molecular weight is 509 g/mol. The van der Waals surface area contributed by atoms with Gasteiger partial charge in [-0.25, -0.2) is 0 Å². The molecular formula is C27H29BrN2O3. The third-order valence-electron chi connectivity index (χ3n) is 5.04. The van der Waals surface area contributed by atoms with E-state index in [2.05, 4.69) is 47.3 Å². The molecule has 0 aromatic heterocycles. The van der Waals surface area contributed by atoms with Gasteiger partial charge in [0.05, 0.1) is 12.2 Å². The van der Waals surface area contributed by atoms with Crippen LogP contribution in [0.3, 0.4) is 0 Å². The van der Waals surface area contributed by atoms with E-state index in [-0.39, 0.29) is 17.2 Å². The molecule has 0 aliphatic rings. The zero-order valence-electron chi connectivity index (χ0n) is 19.4. The van der Waals surface area contributed by atoms with Gasteiger partial charge in [0.2, 0.25) is 0 Å². The molecule has 5 nitrogen and oxygen atoms in total. The van der Waals surface area contributed by atoms with Crippen LogP contribution >= 0.6 is 15.9 Å². The first-order chi connectivity index (χ1) is 15.7. The molecule has 172 valence electrons. The summed E-state index contributed by atoms with van der Waals surface area (Å²) in [5.74, 6) is 0.0329. The Kier molecular flexibility index (Phi) is 7.92. The standard InChI is InChI=1S/C27H29BrN2O3/c1-5-15-33-24-14-13-20(28)16-23(24)26(32)30-22-8-6-7-21(17-22)29-25(31)18-9-11-19(12-10-18)27(2,3)4/h6-14,16-17H,5,15H2,1-4H3,(H,29,31)(H,30,32). The molecule has 3 rings (SSSR count). The molecule has 0 heterocycles. The highest BCUT2D eigenvalue weighted by molar-refractivity contribution is 9.10. The Hall–Kier alpha value is -3.12. The molecule has 0 radical (unpaired) electrons. The zero-order chi connectivity index (χ0) is 24.0. The van der Waals surface area contributed by atoms with Gasteiger partial charge < -0.3 is 15.4 Å². The molecule has 0 spiro atoms. The van der Waals surface area contributed by atoms with Gasteiger partial charge in [0, 0.05) is 21.4 Å². The molecule has 0 atom stereocenters. The largest absolute Gasteiger partial charge is 0.493 e. The SMILES string of the molecule is CCCOc1ccc(Br)cc1C(=O)Nc1cccc(NC(=O)c2ccc(C(C)(C)C)cc2)c1. The van der Waals surface area contributed by atoms with Crippen LogP contribution in [-0.4, -0.2) is 18.4 Å². The molecule has 0 aliphatic heterocycles. The first kappa shape index (κ1) is 24.5. The van der Waals surface area contributed by atoms with Gasteiger partial charge in [0.25, 0.3) is 11.8 Å². The summed E-state index contributed by atoms with van der Waals surface area (Å²) in [5.41, 5.74) is 3.36. The Balaban J connectivity index is 1.72. The topological polar surface area (TPSA) is 67.4 Å². The monoisotopic (exact) mass is 508 g/mol. The predicted octanol–water partition coefficient (Wildman–Crippen LogP) is 7.04. The Morgan fingerprint density at radius 1 is 0.879 bits per heavy atom. The highest BCUT2D eigenvalue weighted by Crippen LogP contribution is 2.26. The van der Waals surface area contributed by atoms with Crippen molar-refractivity contribution < 1.29 is 14.3 Å². The van der Waals surface area contributed by atoms with Gasteiger partial charge in [0.1, 0.15) is 5.75 Å². The van der Waals surface area contributed by atoms with Crippen LogP contribution in [0.2, 0.25) is 0 Å². The van der Waals surface area contributed by atoms with Gasteiger partial charge in [-0.2, -0.15) is 0 Å². The lowest BCUT2D eigenvalue weighted by atomic mass is 9.87. The van der Waals surface area contributed by atoms with Crippen molar-refractivity contribution in [3.63, 3.8) is 0 Å². The molecule has 0 fully saturated rings. The molecule has 0 unspecified atom stereocenters. The number of hydrogen-bond acceptors (Lipinski definition) is 3. The van der Waals surface area contributed by atoms with E-state index in [0.717, 1.165) is 10.9 Å². The number of carbonyl (C=O) groups is 2. The lowest BCUT2D eigenvalue weighted by molar-refractivity contribution is 0.101. The molecule has 0 saturated heterocycles. The van der Waals surface area contributed by atoms with Crippen molar-refractivity contribution in [1.29, 1.82) is 0 Å². The van der Waals surface area contributed by atoms with Gasteiger partial charge in [-0.15, -0.1) is 0 Å². The van der Waals surface area contributed by atoms with Crippen LogP contribution in [0.5, 0.6) is 5.75 Å². The van der Waals surface area contributed by atoms with E-state index in [9.17, 15) is 9.59 Å². The maximum atomic E-state index is 12.9. The van der Waals surface area contributed by atoms with Crippen molar-refractivity contribution in [3.05, 3.63) is 87.9 Å². The van der Waals surface area contributed by atoms with Gasteiger partial charge in [-0.05, 0) is 65.9 Å². The predicted molar refractivity (Wildman–Crippen MR) is 137 cm³/mol. The van der Waals surface area contributed by atoms with Crippen molar-refractivity contribution in [2.75, 3.05) is 17.2 Å². The summed E-state index contributed by atoms with van der Waals surface area (Å²) in [6.45, 7) is 8.94. The van der Waals surface area contributed by atoms with E-state index in [4.69, 9.17) is 4.74 Å². The first-order valence-electron chi connectivity index (χ1n) is 10.9. The number of ether oxygens (including phenoxy) is 1. The number of rotatable bonds is 7. The van der Waals surface area contributed by atoms with E-state index in [0.29, 0.717) is 34.9 Å². The number of carbonyl (C=O) groups excluding carboxylic acids is 2. The maximum absolute atomic E-state index is 12.9. The van der Waals surface area contributed by atoms with Crippen molar-refractivity contribution in [1.82, 2.24) is 0 Å². The van der Waals surface area contributed by atoms with Gasteiger partial charge in [0.15, 0.2) is 0 Å². The molecule has 6 heteroatoms. The van der Waals surface area contributed by atoms with Crippen molar-refractivity contribution in [3.8, 4) is 5.75 Å². The fraction of sp³-hybridized carbons (Fsp3) is 0.259. The molecule has 3 aromatic rings. The normalized spacial score (nSPS) is 11.1. The third kappa shape index (κ3) is 6.68. The molecule has 3 aromatic carbocycles. The number of benzene rings is 3. The second kappa shape index (κ2) is 10.7. The van der Waals surface area contributed by atoms with E-state index in [1.165, 1.54) is 5.56 Å². The number of nitrogens with one attached hydrogen (secondary N) is 2. The number of amides is 2. The summed E-state index contributed by atoms with van der Waals surface area (Å²) in [4.78, 5) is 25.6. The Bertz CT molecular complexity index is 1130. The first-order valence-corrected chi connectivity index (χ1v) is 11.7. The highest BCUT2D eigenvalue weighted by atomic mass is 79.9. The van der Waals surface area contributed by atoms with Crippen LogP contribution in [0, 0.1) is 0 Å². The van der Waals surface area contributed by atoms with Crippen LogP contribution in [0.4, 0.5) is 11.4 Å². The Morgan fingerprint density at radius 2 is 1.52 bits per heavy atom. The van der Waals surface area contributed by atoms with E-state index < -0.39 is 0 Å². The molecule has 2 N–H and O–H groups in total. The summed E-state index contributed by atoms with van der Waals surface area (Å²) in [5, 5.41) is 5.78. The lowest BCUT2D eigenvalue weighted by Crippen LogP contribution is -2.15. The summed E-state index contributed by atoms with van der Waals surface area (Å²) in [7, 11) is 0. The number of anilines is 2. The summed E-state index contributed by atoms with van der Waals surface area (Å²) in [6.07, 6.45) is 0.845. The van der Waals surface area contributed by atoms with Crippen LogP contribution in [0.25, 0.3) is 0 Å². The molecule has 2 amide bonds. The number of hydrogen-bond donors (Lipinski definition) is 2. The van der Waals surface area contributed by atoms with Crippen molar-refractivity contribution >= 4 is 39.1 Å². The fourth-order valence-electron chi connectivity index (χ4n) is 3.22. The smallest absolute Gasteiger partial charge is 0.259 e. The van der Waals surface area contributed by atoms with E-state index >= 15 is 0 Å². The summed E-state index contributed by atoms with van der Waals surface area (Å²) < 4.78 is 6.50. The quantitative estimate of drug-likeness (QED) is 0.359. The third-order valence-corrected chi connectivity index (χ3v) is 5.53.